The number of amides is 2. The van der Waals surface area contributed by atoms with E-state index in [1.807, 2.05) is 18.2 Å². The summed E-state index contributed by atoms with van der Waals surface area (Å²) in [5, 5.41) is 8.06. The second-order valence-corrected chi connectivity index (χ2v) is 6.81. The van der Waals surface area contributed by atoms with Crippen molar-refractivity contribution in [3.8, 4) is 0 Å². The molecule has 1 atom stereocenters. The van der Waals surface area contributed by atoms with Crippen molar-refractivity contribution in [1.29, 1.82) is 0 Å². The van der Waals surface area contributed by atoms with Gasteiger partial charge in [0, 0.05) is 19.9 Å². The molecule has 2 aromatic rings. The Balaban J connectivity index is 1.96. The molecule has 0 unspecified atom stereocenters. The molecule has 2 aromatic carbocycles. The summed E-state index contributed by atoms with van der Waals surface area (Å²) in [6, 6.07) is 13.7. The lowest BCUT2D eigenvalue weighted by atomic mass is 10.0. The van der Waals surface area contributed by atoms with Crippen LogP contribution in [0, 0.1) is 0 Å². The number of nitrogens with zero attached hydrogens (tertiary/aromatic N) is 1. The largest absolute Gasteiger partial charge is 0.354 e. The molecule has 146 valence electrons. The molecule has 2 rings (SSSR count). The molecule has 0 aliphatic carbocycles. The number of fused-ring (bicyclic) bond motifs is 1. The number of carbonyl (C=O) groups excluding carboxylic acids is 2. The lowest BCUT2D eigenvalue weighted by Gasteiger charge is -2.20. The van der Waals surface area contributed by atoms with Crippen LogP contribution in [0.25, 0.3) is 10.8 Å². The third-order valence-electron chi connectivity index (χ3n) is 4.79. The Bertz CT molecular complexity index is 756. The summed E-state index contributed by atoms with van der Waals surface area (Å²) in [5.74, 6) is -0.322. The average Bonchev–Trinajstić information content (AvgIpc) is 2.67. The minimum Gasteiger partial charge on any atom is -0.354 e. The second-order valence-electron chi connectivity index (χ2n) is 6.81. The molecule has 5 heteroatoms. The van der Waals surface area contributed by atoms with E-state index in [0.29, 0.717) is 13.0 Å². The Hall–Kier alpha value is -2.40. The number of hydrogen-bond acceptors (Lipinski definition) is 3. The van der Waals surface area contributed by atoms with Crippen molar-refractivity contribution in [2.75, 3.05) is 26.2 Å². The van der Waals surface area contributed by atoms with Crippen molar-refractivity contribution in [3.05, 3.63) is 48.0 Å². The van der Waals surface area contributed by atoms with Crippen LogP contribution >= 0.6 is 0 Å². The molecule has 0 aliphatic rings. The van der Waals surface area contributed by atoms with Gasteiger partial charge in [-0.2, -0.15) is 0 Å². The Kier molecular flexibility index (Phi) is 8.27. The Morgan fingerprint density at radius 3 is 2.41 bits per heavy atom. The summed E-state index contributed by atoms with van der Waals surface area (Å²) in [4.78, 5) is 26.5. The van der Waals surface area contributed by atoms with E-state index >= 15 is 0 Å². The first-order chi connectivity index (χ1) is 13.0. The van der Waals surface area contributed by atoms with Gasteiger partial charge in [0.2, 0.25) is 11.8 Å². The summed E-state index contributed by atoms with van der Waals surface area (Å²) in [7, 11) is 0. The van der Waals surface area contributed by atoms with E-state index < -0.39 is 6.04 Å². The number of rotatable bonds is 10. The predicted molar refractivity (Wildman–Crippen MR) is 111 cm³/mol. The quantitative estimate of drug-likeness (QED) is 0.633. The van der Waals surface area contributed by atoms with Crippen molar-refractivity contribution in [1.82, 2.24) is 15.5 Å². The highest BCUT2D eigenvalue weighted by Crippen LogP contribution is 2.16. The Labute approximate surface area is 162 Å². The summed E-state index contributed by atoms with van der Waals surface area (Å²) in [5.41, 5.74) is 1.03. The SMILES string of the molecule is CCN(CC)CCCNC(=O)[C@@H](Cc1ccc2ccccc2c1)NC(C)=O. The highest BCUT2D eigenvalue weighted by atomic mass is 16.2. The highest BCUT2D eigenvalue weighted by molar-refractivity contribution is 5.87. The van der Waals surface area contributed by atoms with Crippen molar-refractivity contribution in [2.45, 2.75) is 39.7 Å². The van der Waals surface area contributed by atoms with E-state index in [2.05, 4.69) is 53.6 Å². The average molecular weight is 370 g/mol. The van der Waals surface area contributed by atoms with Crippen LogP contribution in [-0.4, -0.2) is 48.9 Å². The van der Waals surface area contributed by atoms with Crippen LogP contribution in [0.4, 0.5) is 0 Å². The number of nitrogens with one attached hydrogen (secondary N) is 2. The monoisotopic (exact) mass is 369 g/mol. The van der Waals surface area contributed by atoms with Crippen LogP contribution in [0.15, 0.2) is 42.5 Å². The molecular weight excluding hydrogens is 338 g/mol. The summed E-state index contributed by atoms with van der Waals surface area (Å²) in [6.07, 6.45) is 1.38. The van der Waals surface area contributed by atoms with E-state index in [-0.39, 0.29) is 11.8 Å². The highest BCUT2D eigenvalue weighted by Gasteiger charge is 2.19. The molecule has 27 heavy (non-hydrogen) atoms. The normalized spacial score (nSPS) is 12.1. The Morgan fingerprint density at radius 2 is 1.74 bits per heavy atom. The molecule has 0 saturated carbocycles. The molecule has 2 amide bonds. The molecule has 0 fully saturated rings. The van der Waals surface area contributed by atoms with Crippen LogP contribution in [0.3, 0.4) is 0 Å². The second kappa shape index (κ2) is 10.7. The fourth-order valence-electron chi connectivity index (χ4n) is 3.23. The van der Waals surface area contributed by atoms with E-state index in [4.69, 9.17) is 0 Å². The standard InChI is InChI=1S/C22H31N3O2/c1-4-25(5-2)14-8-13-23-22(27)21(24-17(3)26)16-18-11-12-19-9-6-7-10-20(19)15-18/h6-7,9-12,15,21H,4-5,8,13-14,16H2,1-3H3,(H,23,27)(H,24,26)/t21-/m1/s1. The van der Waals surface area contributed by atoms with Crippen molar-refractivity contribution in [3.63, 3.8) is 0 Å². The lowest BCUT2D eigenvalue weighted by molar-refractivity contribution is -0.128. The molecule has 5 nitrogen and oxygen atoms in total. The summed E-state index contributed by atoms with van der Waals surface area (Å²) < 4.78 is 0. The molecule has 0 spiro atoms. The first kappa shape index (κ1) is 20.9. The van der Waals surface area contributed by atoms with Crippen molar-refractivity contribution < 1.29 is 9.59 Å². The van der Waals surface area contributed by atoms with Crippen LogP contribution < -0.4 is 10.6 Å². The van der Waals surface area contributed by atoms with Crippen molar-refractivity contribution in [2.24, 2.45) is 0 Å². The minimum absolute atomic E-state index is 0.127. The number of hydrogen-bond donors (Lipinski definition) is 2. The lowest BCUT2D eigenvalue weighted by Crippen LogP contribution is -2.47. The van der Waals surface area contributed by atoms with Gasteiger partial charge in [0.05, 0.1) is 0 Å². The zero-order valence-corrected chi connectivity index (χ0v) is 16.6. The molecule has 2 N–H and O–H groups in total. The zero-order valence-electron chi connectivity index (χ0n) is 16.6. The number of benzene rings is 2. The van der Waals surface area contributed by atoms with E-state index in [9.17, 15) is 9.59 Å². The predicted octanol–water partition coefficient (Wildman–Crippen LogP) is 2.74. The first-order valence-corrected chi connectivity index (χ1v) is 9.78. The fourth-order valence-corrected chi connectivity index (χ4v) is 3.23. The molecule has 0 heterocycles. The smallest absolute Gasteiger partial charge is 0.242 e. The van der Waals surface area contributed by atoms with Gasteiger partial charge in [0.1, 0.15) is 6.04 Å². The van der Waals surface area contributed by atoms with Gasteiger partial charge in [-0.1, -0.05) is 56.3 Å². The fraction of sp³-hybridized carbons (Fsp3) is 0.455. The van der Waals surface area contributed by atoms with E-state index in [0.717, 1.165) is 42.4 Å². The van der Waals surface area contributed by atoms with Crippen LogP contribution in [0.5, 0.6) is 0 Å². The van der Waals surface area contributed by atoms with Gasteiger partial charge in [-0.25, -0.2) is 0 Å². The van der Waals surface area contributed by atoms with E-state index in [1.54, 1.807) is 0 Å². The zero-order chi connectivity index (χ0) is 19.6. The van der Waals surface area contributed by atoms with Crippen LogP contribution in [-0.2, 0) is 16.0 Å². The topological polar surface area (TPSA) is 61.4 Å². The van der Waals surface area contributed by atoms with Gasteiger partial charge in [-0.05, 0) is 42.4 Å². The van der Waals surface area contributed by atoms with Gasteiger partial charge >= 0.3 is 0 Å². The number of carbonyl (C=O) groups is 2. The van der Waals surface area contributed by atoms with Crippen LogP contribution in [0.2, 0.25) is 0 Å². The third kappa shape index (κ3) is 6.68. The molecule has 0 saturated heterocycles. The Morgan fingerprint density at radius 1 is 1.04 bits per heavy atom. The molecular formula is C22H31N3O2. The molecule has 0 bridgehead atoms. The summed E-state index contributed by atoms with van der Waals surface area (Å²) >= 11 is 0. The van der Waals surface area contributed by atoms with Gasteiger partial charge in [-0.15, -0.1) is 0 Å². The maximum atomic E-state index is 12.6. The van der Waals surface area contributed by atoms with Crippen LogP contribution in [0.1, 0.15) is 32.8 Å². The third-order valence-corrected chi connectivity index (χ3v) is 4.79. The van der Waals surface area contributed by atoms with Gasteiger partial charge < -0.3 is 15.5 Å². The first-order valence-electron chi connectivity index (χ1n) is 9.78. The maximum absolute atomic E-state index is 12.6. The molecule has 0 radical (unpaired) electrons. The summed E-state index contributed by atoms with van der Waals surface area (Å²) in [6.45, 7) is 9.33. The van der Waals surface area contributed by atoms with E-state index in [1.165, 1.54) is 6.92 Å². The maximum Gasteiger partial charge on any atom is 0.242 e. The molecule has 0 aliphatic heterocycles. The molecule has 0 aromatic heterocycles. The van der Waals surface area contributed by atoms with Gasteiger partial charge in [0.25, 0.3) is 0 Å². The van der Waals surface area contributed by atoms with Gasteiger partial charge in [-0.3, -0.25) is 9.59 Å². The van der Waals surface area contributed by atoms with Gasteiger partial charge in [0.15, 0.2) is 0 Å². The van der Waals surface area contributed by atoms with Crippen molar-refractivity contribution >= 4 is 22.6 Å². The minimum atomic E-state index is -0.558.